The molecule has 0 fully saturated rings. The molecule has 1 atom stereocenters. The Balaban J connectivity index is 1.69. The lowest BCUT2D eigenvalue weighted by molar-refractivity contribution is 0.0556. The highest BCUT2D eigenvalue weighted by Gasteiger charge is 2.23. The fourth-order valence-electron chi connectivity index (χ4n) is 2.51. The van der Waals surface area contributed by atoms with Gasteiger partial charge >= 0.3 is 0 Å². The van der Waals surface area contributed by atoms with Crippen LogP contribution in [-0.2, 0) is 9.47 Å². The Morgan fingerprint density at radius 1 is 1.23 bits per heavy atom. The molecule has 1 radical (unpaired) electrons. The molecule has 1 heterocycles. The SMILES string of the molecule is CCOCCOCCC(=N)CC(C)N1[CH]Nc2ccccc21. The summed E-state index contributed by atoms with van der Waals surface area (Å²) in [7, 11) is 0. The van der Waals surface area contributed by atoms with Crippen LogP contribution in [0.15, 0.2) is 24.3 Å². The Bertz CT molecular complexity index is 479. The minimum Gasteiger partial charge on any atom is -0.379 e. The number of ether oxygens (including phenoxy) is 2. The van der Waals surface area contributed by atoms with E-state index >= 15 is 0 Å². The fourth-order valence-corrected chi connectivity index (χ4v) is 2.51. The number of rotatable bonds is 10. The highest BCUT2D eigenvalue weighted by Crippen LogP contribution is 2.34. The second kappa shape index (κ2) is 8.76. The van der Waals surface area contributed by atoms with Crippen LogP contribution in [0.5, 0.6) is 0 Å². The summed E-state index contributed by atoms with van der Waals surface area (Å²) in [5.41, 5.74) is 3.03. The summed E-state index contributed by atoms with van der Waals surface area (Å²) in [6.07, 6.45) is 1.42. The van der Waals surface area contributed by atoms with E-state index in [1.54, 1.807) is 0 Å². The van der Waals surface area contributed by atoms with Crippen LogP contribution >= 0.6 is 0 Å². The largest absolute Gasteiger partial charge is 0.379 e. The van der Waals surface area contributed by atoms with Crippen LogP contribution in [0.4, 0.5) is 11.4 Å². The van der Waals surface area contributed by atoms with Gasteiger partial charge in [0.2, 0.25) is 0 Å². The topological polar surface area (TPSA) is 57.6 Å². The molecule has 1 aromatic carbocycles. The van der Waals surface area contributed by atoms with E-state index in [2.05, 4.69) is 29.3 Å². The van der Waals surface area contributed by atoms with Gasteiger partial charge in [-0.2, -0.15) is 0 Å². The summed E-state index contributed by atoms with van der Waals surface area (Å²) in [4.78, 5) is 2.19. The van der Waals surface area contributed by atoms with E-state index in [-0.39, 0.29) is 6.04 Å². The van der Waals surface area contributed by atoms with E-state index < -0.39 is 0 Å². The number of hydrogen-bond donors (Lipinski definition) is 2. The van der Waals surface area contributed by atoms with Gasteiger partial charge in [-0.1, -0.05) is 12.1 Å². The number of nitrogens with one attached hydrogen (secondary N) is 2. The van der Waals surface area contributed by atoms with Gasteiger partial charge in [0.1, 0.15) is 6.67 Å². The van der Waals surface area contributed by atoms with Crippen LogP contribution in [0, 0.1) is 12.1 Å². The molecule has 0 aromatic heterocycles. The van der Waals surface area contributed by atoms with Crippen LogP contribution in [-0.4, -0.2) is 38.2 Å². The van der Waals surface area contributed by atoms with Crippen molar-refractivity contribution in [3.05, 3.63) is 30.9 Å². The Labute approximate surface area is 133 Å². The highest BCUT2D eigenvalue weighted by atomic mass is 16.5. The van der Waals surface area contributed by atoms with Gasteiger partial charge in [-0.25, -0.2) is 0 Å². The van der Waals surface area contributed by atoms with Crippen molar-refractivity contribution in [2.45, 2.75) is 32.7 Å². The number of anilines is 2. The third-order valence-electron chi connectivity index (χ3n) is 3.68. The molecule has 0 bridgehead atoms. The third-order valence-corrected chi connectivity index (χ3v) is 3.68. The maximum absolute atomic E-state index is 8.11. The van der Waals surface area contributed by atoms with Gasteiger partial charge in [0.15, 0.2) is 0 Å². The smallest absolute Gasteiger partial charge is 0.139 e. The minimum atomic E-state index is 0.257. The number of fused-ring (bicyclic) bond motifs is 1. The zero-order valence-electron chi connectivity index (χ0n) is 13.5. The average Bonchev–Trinajstić information content (AvgIpc) is 2.95. The van der Waals surface area contributed by atoms with Crippen LogP contribution in [0.25, 0.3) is 0 Å². The maximum Gasteiger partial charge on any atom is 0.139 e. The van der Waals surface area contributed by atoms with Crippen LogP contribution < -0.4 is 10.2 Å². The van der Waals surface area contributed by atoms with Crippen molar-refractivity contribution in [2.75, 3.05) is 36.6 Å². The van der Waals surface area contributed by atoms with Crippen molar-refractivity contribution >= 4 is 17.1 Å². The molecular weight excluding hydrogens is 278 g/mol. The van der Waals surface area contributed by atoms with Crippen molar-refractivity contribution in [3.63, 3.8) is 0 Å². The van der Waals surface area contributed by atoms with E-state index in [9.17, 15) is 0 Å². The lowest BCUT2D eigenvalue weighted by atomic mass is 10.1. The first-order valence-corrected chi connectivity index (χ1v) is 7.91. The molecule has 1 aliphatic rings. The standard InChI is InChI=1S/C17H26N3O2/c1-3-21-10-11-22-9-8-15(18)12-14(2)20-13-19-16-6-4-5-7-17(16)20/h4-7,13-14,18-19H,3,8-12H2,1-2H3. The second-order valence-electron chi connectivity index (χ2n) is 5.41. The van der Waals surface area contributed by atoms with E-state index in [1.807, 2.05) is 25.7 Å². The summed E-state index contributed by atoms with van der Waals surface area (Å²) in [6.45, 7) is 8.65. The van der Waals surface area contributed by atoms with Crippen LogP contribution in [0.2, 0.25) is 0 Å². The molecule has 121 valence electrons. The number of para-hydroxylation sites is 2. The monoisotopic (exact) mass is 304 g/mol. The first-order valence-electron chi connectivity index (χ1n) is 7.91. The van der Waals surface area contributed by atoms with Crippen molar-refractivity contribution < 1.29 is 9.47 Å². The minimum absolute atomic E-state index is 0.257. The molecule has 1 aliphatic heterocycles. The summed E-state index contributed by atoms with van der Waals surface area (Å²) < 4.78 is 10.7. The quantitative estimate of drug-likeness (QED) is 0.514. The molecule has 0 spiro atoms. The molecule has 22 heavy (non-hydrogen) atoms. The maximum atomic E-state index is 8.11. The number of hydrogen-bond acceptors (Lipinski definition) is 5. The Morgan fingerprint density at radius 2 is 2.00 bits per heavy atom. The molecule has 5 heteroatoms. The summed E-state index contributed by atoms with van der Waals surface area (Å²) >= 11 is 0. The van der Waals surface area contributed by atoms with Gasteiger partial charge in [0, 0.05) is 31.2 Å². The van der Waals surface area contributed by atoms with Crippen molar-refractivity contribution in [1.82, 2.24) is 0 Å². The summed E-state index contributed by atoms with van der Waals surface area (Å²) in [6, 6.07) is 8.48. The normalized spacial score (nSPS) is 14.5. The second-order valence-corrected chi connectivity index (χ2v) is 5.41. The van der Waals surface area contributed by atoms with E-state index in [0.29, 0.717) is 26.2 Å². The zero-order valence-corrected chi connectivity index (χ0v) is 13.5. The van der Waals surface area contributed by atoms with E-state index in [1.165, 1.54) is 5.69 Å². The predicted octanol–water partition coefficient (Wildman–Crippen LogP) is 3.28. The average molecular weight is 304 g/mol. The van der Waals surface area contributed by atoms with Crippen molar-refractivity contribution in [1.29, 1.82) is 5.41 Å². The fraction of sp³-hybridized carbons (Fsp3) is 0.529. The van der Waals surface area contributed by atoms with Crippen molar-refractivity contribution in [3.8, 4) is 0 Å². The molecule has 1 aromatic rings. The van der Waals surface area contributed by atoms with Crippen LogP contribution in [0.1, 0.15) is 26.7 Å². The van der Waals surface area contributed by atoms with Gasteiger partial charge in [-0.05, 0) is 26.0 Å². The first kappa shape index (κ1) is 16.8. The molecule has 2 N–H and O–H groups in total. The van der Waals surface area contributed by atoms with Crippen LogP contribution in [0.3, 0.4) is 0 Å². The van der Waals surface area contributed by atoms with E-state index in [4.69, 9.17) is 14.9 Å². The highest BCUT2D eigenvalue weighted by molar-refractivity contribution is 5.84. The molecule has 1 unspecified atom stereocenters. The predicted molar refractivity (Wildman–Crippen MR) is 90.6 cm³/mol. The molecule has 0 saturated heterocycles. The lowest BCUT2D eigenvalue weighted by Gasteiger charge is -2.25. The lowest BCUT2D eigenvalue weighted by Crippen LogP contribution is -2.31. The summed E-state index contributed by atoms with van der Waals surface area (Å²) in [5.74, 6) is 0. The Morgan fingerprint density at radius 3 is 2.82 bits per heavy atom. The van der Waals surface area contributed by atoms with E-state index in [0.717, 1.165) is 24.4 Å². The van der Waals surface area contributed by atoms with Crippen molar-refractivity contribution in [2.24, 2.45) is 0 Å². The summed E-state index contributed by atoms with van der Waals surface area (Å²) in [5, 5.41) is 11.4. The molecule has 0 saturated carbocycles. The zero-order chi connectivity index (χ0) is 15.8. The Kier molecular flexibility index (Phi) is 6.68. The van der Waals surface area contributed by atoms with Gasteiger partial charge in [-0.3, -0.25) is 0 Å². The molecule has 0 amide bonds. The Hall–Kier alpha value is -1.59. The molecule has 0 aliphatic carbocycles. The molecule has 5 nitrogen and oxygen atoms in total. The van der Waals surface area contributed by atoms with Gasteiger partial charge in [-0.15, -0.1) is 0 Å². The molecular formula is C17H26N3O2. The third kappa shape index (κ3) is 4.71. The van der Waals surface area contributed by atoms with Gasteiger partial charge < -0.3 is 25.1 Å². The number of benzene rings is 1. The van der Waals surface area contributed by atoms with Gasteiger partial charge in [0.25, 0.3) is 0 Å². The van der Waals surface area contributed by atoms with Gasteiger partial charge in [0.05, 0.1) is 31.2 Å². The first-order chi connectivity index (χ1) is 10.7. The molecule has 2 rings (SSSR count). The number of nitrogens with zero attached hydrogens (tertiary/aromatic N) is 1.